The minimum atomic E-state index is -4.50. The van der Waals surface area contributed by atoms with Gasteiger partial charge in [-0.05, 0) is 172 Å². The van der Waals surface area contributed by atoms with Crippen LogP contribution in [0.1, 0.15) is 33.4 Å². The van der Waals surface area contributed by atoms with E-state index in [9.17, 15) is 52.7 Å². The number of hydrogen-bond acceptors (Lipinski definition) is 5. The van der Waals surface area contributed by atoms with Crippen LogP contribution in [0.5, 0.6) is 0 Å². The van der Waals surface area contributed by atoms with Gasteiger partial charge in [-0.3, -0.25) is 0 Å². The molecule has 0 spiro atoms. The van der Waals surface area contributed by atoms with Crippen molar-refractivity contribution in [3.8, 4) is 135 Å². The SMILES string of the molecule is Cc1ccc(-c2cccc(-c3nc(-c4cccc(-c5ccc(C(F)(F)F)cc5)c4)cc(-c4cccc(-c5ccc(C(F)(F)F)cc5)c4)n3)c2)cc1.Cc1cccc(-c2cccc(-c3nc(-c4cccc(-c5cccc(C(F)(F)F)c5)c4)nc(-c4cccc(-c5cccc(C(F)(F)F)c5)c4)n3)c2)c1. The number of aromatic nitrogens is 5. The van der Waals surface area contributed by atoms with E-state index >= 15 is 0 Å². The van der Waals surface area contributed by atoms with Crippen LogP contribution in [0, 0.1) is 13.8 Å². The van der Waals surface area contributed by atoms with E-state index in [0.717, 1.165) is 98.6 Å². The molecule has 5 nitrogen and oxygen atoms in total. The lowest BCUT2D eigenvalue weighted by molar-refractivity contribution is -0.138. The van der Waals surface area contributed by atoms with Gasteiger partial charge in [0.05, 0.1) is 33.6 Å². The smallest absolute Gasteiger partial charge is 0.228 e. The van der Waals surface area contributed by atoms with Gasteiger partial charge in [0.25, 0.3) is 0 Å². The molecule has 0 fully saturated rings. The molecule has 0 aliphatic rings. The first-order valence-electron chi connectivity index (χ1n) is 31.9. The maximum Gasteiger partial charge on any atom is 0.416 e. The molecule has 102 heavy (non-hydrogen) atoms. The van der Waals surface area contributed by atoms with Gasteiger partial charge in [0.15, 0.2) is 23.3 Å². The van der Waals surface area contributed by atoms with Gasteiger partial charge in [0.1, 0.15) is 0 Å². The molecule has 0 N–H and O–H groups in total. The minimum Gasteiger partial charge on any atom is -0.228 e. The van der Waals surface area contributed by atoms with Crippen molar-refractivity contribution in [1.82, 2.24) is 24.9 Å². The largest absolute Gasteiger partial charge is 0.416 e. The predicted octanol–water partition coefficient (Wildman–Crippen LogP) is 25.0. The summed E-state index contributed by atoms with van der Waals surface area (Å²) in [6, 6.07) is 82.6. The third-order valence-electron chi connectivity index (χ3n) is 17.0. The van der Waals surface area contributed by atoms with Crippen molar-refractivity contribution < 1.29 is 52.7 Å². The van der Waals surface area contributed by atoms with E-state index < -0.39 is 47.0 Å². The molecule has 0 aliphatic heterocycles. The van der Waals surface area contributed by atoms with Crippen LogP contribution in [-0.2, 0) is 24.7 Å². The van der Waals surface area contributed by atoms with E-state index in [0.29, 0.717) is 84.2 Å². The number of halogens is 12. The Morgan fingerprint density at radius 2 is 0.412 bits per heavy atom. The van der Waals surface area contributed by atoms with Crippen LogP contribution in [0.2, 0.25) is 0 Å². The number of alkyl halides is 12. The van der Waals surface area contributed by atoms with Crippen LogP contribution in [0.4, 0.5) is 52.7 Å². The van der Waals surface area contributed by atoms with Crippen molar-refractivity contribution >= 4 is 0 Å². The Balaban J connectivity index is 0.000000182. The fourth-order valence-electron chi connectivity index (χ4n) is 11.7. The molecule has 2 heterocycles. The van der Waals surface area contributed by atoms with E-state index in [2.05, 4.69) is 18.2 Å². The molecule has 0 radical (unpaired) electrons. The Morgan fingerprint density at radius 1 is 0.176 bits per heavy atom. The highest BCUT2D eigenvalue weighted by molar-refractivity contribution is 5.81. The Hall–Kier alpha value is -12.1. The van der Waals surface area contributed by atoms with E-state index in [1.54, 1.807) is 60.7 Å². The van der Waals surface area contributed by atoms with Gasteiger partial charge in [0, 0.05) is 33.4 Å². The van der Waals surface area contributed by atoms with Crippen LogP contribution in [0.3, 0.4) is 0 Å². The van der Waals surface area contributed by atoms with Gasteiger partial charge in [-0.1, -0.05) is 217 Å². The molecule has 0 saturated carbocycles. The lowest BCUT2D eigenvalue weighted by Gasteiger charge is -2.13. The molecular weight excluding hydrogens is 1320 g/mol. The lowest BCUT2D eigenvalue weighted by Crippen LogP contribution is -2.04. The molecule has 12 aromatic carbocycles. The summed E-state index contributed by atoms with van der Waals surface area (Å²) in [7, 11) is 0. The average Bonchev–Trinajstić information content (AvgIpc) is 0.790. The van der Waals surface area contributed by atoms with Crippen molar-refractivity contribution in [3.05, 3.63) is 331 Å². The molecular formula is C85H55F12N5. The first kappa shape index (κ1) is 68.4. The fourth-order valence-corrected chi connectivity index (χ4v) is 11.7. The van der Waals surface area contributed by atoms with Crippen molar-refractivity contribution in [1.29, 1.82) is 0 Å². The van der Waals surface area contributed by atoms with Gasteiger partial charge in [-0.25, -0.2) is 24.9 Å². The molecule has 0 unspecified atom stereocenters. The summed E-state index contributed by atoms with van der Waals surface area (Å²) in [4.78, 5) is 24.4. The Labute approximate surface area is 578 Å². The van der Waals surface area contributed by atoms with Crippen molar-refractivity contribution in [2.24, 2.45) is 0 Å². The maximum absolute atomic E-state index is 13.5. The Morgan fingerprint density at radius 3 is 0.725 bits per heavy atom. The molecule has 0 amide bonds. The molecule has 504 valence electrons. The number of benzene rings is 12. The first-order chi connectivity index (χ1) is 48.8. The summed E-state index contributed by atoms with van der Waals surface area (Å²) < 4.78 is 161. The molecule has 0 aliphatic carbocycles. The number of hydrogen-bond donors (Lipinski definition) is 0. The summed E-state index contributed by atoms with van der Waals surface area (Å²) in [6.07, 6.45) is -17.9. The molecule has 0 saturated heterocycles. The van der Waals surface area contributed by atoms with Gasteiger partial charge in [-0.2, -0.15) is 52.7 Å². The second kappa shape index (κ2) is 28.3. The van der Waals surface area contributed by atoms with E-state index in [1.807, 2.05) is 147 Å². The highest BCUT2D eigenvalue weighted by atomic mass is 19.4. The van der Waals surface area contributed by atoms with Crippen molar-refractivity contribution in [3.63, 3.8) is 0 Å². The van der Waals surface area contributed by atoms with Crippen LogP contribution in [0.15, 0.2) is 297 Å². The molecule has 0 bridgehead atoms. The quantitative estimate of drug-likeness (QED) is 0.114. The van der Waals surface area contributed by atoms with Crippen molar-refractivity contribution in [2.75, 3.05) is 0 Å². The van der Waals surface area contributed by atoms with E-state index in [1.165, 1.54) is 36.4 Å². The zero-order valence-electron chi connectivity index (χ0n) is 54.1. The first-order valence-corrected chi connectivity index (χ1v) is 31.9. The van der Waals surface area contributed by atoms with Crippen LogP contribution in [0.25, 0.3) is 135 Å². The summed E-state index contributed by atoms with van der Waals surface area (Å²) in [5.41, 5.74) is 12.9. The molecule has 14 aromatic rings. The van der Waals surface area contributed by atoms with E-state index in [4.69, 9.17) is 24.9 Å². The highest BCUT2D eigenvalue weighted by Gasteiger charge is 2.33. The zero-order valence-corrected chi connectivity index (χ0v) is 54.1. The molecule has 14 rings (SSSR count). The fraction of sp³-hybridized carbons (Fsp3) is 0.0706. The summed E-state index contributed by atoms with van der Waals surface area (Å²) >= 11 is 0. The van der Waals surface area contributed by atoms with E-state index in [-0.39, 0.29) is 11.6 Å². The van der Waals surface area contributed by atoms with Gasteiger partial charge < -0.3 is 0 Å². The number of rotatable bonds is 12. The predicted molar refractivity (Wildman–Crippen MR) is 377 cm³/mol. The highest BCUT2D eigenvalue weighted by Crippen LogP contribution is 2.40. The monoisotopic (exact) mass is 1370 g/mol. The average molecular weight is 1370 g/mol. The second-order valence-electron chi connectivity index (χ2n) is 24.3. The Bertz CT molecular complexity index is 5130. The zero-order chi connectivity index (χ0) is 71.5. The minimum absolute atomic E-state index is 0.272. The van der Waals surface area contributed by atoms with Gasteiger partial charge in [0.2, 0.25) is 0 Å². The summed E-state index contributed by atoms with van der Waals surface area (Å²) in [6.45, 7) is 4.04. The van der Waals surface area contributed by atoms with Gasteiger partial charge in [-0.15, -0.1) is 0 Å². The summed E-state index contributed by atoms with van der Waals surface area (Å²) in [5.74, 6) is 1.35. The third kappa shape index (κ3) is 16.0. The number of aryl methyl sites for hydroxylation is 2. The van der Waals surface area contributed by atoms with Crippen LogP contribution < -0.4 is 0 Å². The normalized spacial score (nSPS) is 11.8. The number of nitrogens with zero attached hydrogens (tertiary/aromatic N) is 5. The van der Waals surface area contributed by atoms with Crippen LogP contribution in [-0.4, -0.2) is 24.9 Å². The molecule has 2 aromatic heterocycles. The standard InChI is InChI=1S/C43H28F6N2.C42H27F6N3/c1-27-11-13-28(14-12-27)33-7-4-10-36(25-33)41-50-39(34-8-2-5-31(23-34)29-15-19-37(20-16-29)42(44,45)46)26-40(51-41)35-9-3-6-32(24-35)30-17-21-38(22-18-30)43(47,48)49;1-26-8-2-9-27(20-26)28-10-3-15-33(21-28)38-49-39(34-16-4-11-29(22-34)31-13-6-18-36(24-31)41(43,44)45)51-40(50-38)35-17-5-12-30(23-35)32-14-7-19-37(25-32)42(46,47)48/h2-26H,1H3;2-25H,1H3. The van der Waals surface area contributed by atoms with Crippen molar-refractivity contribution in [2.45, 2.75) is 38.6 Å². The topological polar surface area (TPSA) is 64.5 Å². The second-order valence-corrected chi connectivity index (χ2v) is 24.3. The maximum atomic E-state index is 13.5. The summed E-state index contributed by atoms with van der Waals surface area (Å²) in [5, 5.41) is 0. The van der Waals surface area contributed by atoms with Crippen LogP contribution >= 0.6 is 0 Å². The Kier molecular flexibility index (Phi) is 19.0. The third-order valence-corrected chi connectivity index (χ3v) is 17.0. The molecule has 17 heteroatoms. The molecule has 0 atom stereocenters. The van der Waals surface area contributed by atoms with Gasteiger partial charge >= 0.3 is 24.7 Å². The lowest BCUT2D eigenvalue weighted by atomic mass is 9.98.